The summed E-state index contributed by atoms with van der Waals surface area (Å²) in [5.74, 6) is 1.17. The molecule has 132 valence electrons. The number of methoxy groups -OCH3 is 2. The highest BCUT2D eigenvalue weighted by Crippen LogP contribution is 2.25. The van der Waals surface area contributed by atoms with Crippen LogP contribution in [0.15, 0.2) is 48.8 Å². The van der Waals surface area contributed by atoms with E-state index in [4.69, 9.17) is 9.47 Å². The van der Waals surface area contributed by atoms with E-state index >= 15 is 0 Å². The number of aromatic nitrogens is 1. The second-order valence-corrected chi connectivity index (χ2v) is 6.37. The third kappa shape index (κ3) is 4.17. The van der Waals surface area contributed by atoms with Crippen molar-refractivity contribution in [3.05, 3.63) is 59.9 Å². The van der Waals surface area contributed by atoms with E-state index in [9.17, 15) is 4.79 Å². The molecule has 2 atom stereocenters. The summed E-state index contributed by atoms with van der Waals surface area (Å²) in [4.78, 5) is 18.7. The molecule has 1 amide bonds. The zero-order valence-electron chi connectivity index (χ0n) is 14.7. The van der Waals surface area contributed by atoms with Gasteiger partial charge in [-0.2, -0.15) is 0 Å². The quantitative estimate of drug-likeness (QED) is 0.840. The molecule has 1 aromatic carbocycles. The maximum absolute atomic E-state index is 12.7. The van der Waals surface area contributed by atoms with Gasteiger partial charge in [-0.1, -0.05) is 12.1 Å². The van der Waals surface area contributed by atoms with Gasteiger partial charge in [-0.25, -0.2) is 0 Å². The molecular weight excluding hydrogens is 316 g/mol. The van der Waals surface area contributed by atoms with Crippen LogP contribution in [0, 0.1) is 5.92 Å². The fourth-order valence-electron chi connectivity index (χ4n) is 3.44. The SMILES string of the molecule is COc1ccc(C[C@@H]2CN(C(=O)c3cccnc3)CC[C@@H]2OC)cc1. The predicted octanol–water partition coefficient (Wildman–Crippen LogP) is 2.81. The summed E-state index contributed by atoms with van der Waals surface area (Å²) in [5, 5.41) is 0. The summed E-state index contributed by atoms with van der Waals surface area (Å²) in [6, 6.07) is 11.7. The molecule has 1 saturated heterocycles. The number of piperidine rings is 1. The van der Waals surface area contributed by atoms with E-state index in [-0.39, 0.29) is 17.9 Å². The number of hydrogen-bond acceptors (Lipinski definition) is 4. The maximum Gasteiger partial charge on any atom is 0.255 e. The second-order valence-electron chi connectivity index (χ2n) is 6.37. The van der Waals surface area contributed by atoms with Gasteiger partial charge in [0.15, 0.2) is 0 Å². The Morgan fingerprint density at radius 2 is 2.04 bits per heavy atom. The second kappa shape index (κ2) is 8.12. The third-order valence-corrected chi connectivity index (χ3v) is 4.82. The van der Waals surface area contributed by atoms with E-state index in [0.717, 1.165) is 18.6 Å². The van der Waals surface area contributed by atoms with Crippen molar-refractivity contribution >= 4 is 5.91 Å². The van der Waals surface area contributed by atoms with E-state index in [1.54, 1.807) is 32.7 Å². The van der Waals surface area contributed by atoms with E-state index < -0.39 is 0 Å². The molecule has 0 bridgehead atoms. The van der Waals surface area contributed by atoms with Crippen LogP contribution < -0.4 is 4.74 Å². The lowest BCUT2D eigenvalue weighted by atomic mass is 9.88. The molecule has 1 aliphatic rings. The molecule has 0 spiro atoms. The van der Waals surface area contributed by atoms with Crippen LogP contribution in [0.25, 0.3) is 0 Å². The molecule has 0 saturated carbocycles. The standard InChI is InChI=1S/C20H24N2O3/c1-24-18-7-5-15(6-8-18)12-17-14-22(11-9-19(17)25-2)20(23)16-4-3-10-21-13-16/h3-8,10,13,17,19H,9,11-12,14H2,1-2H3/t17-,19+/m1/s1. The number of carbonyl (C=O) groups is 1. The van der Waals surface area contributed by atoms with Gasteiger partial charge in [0, 0.05) is 38.5 Å². The van der Waals surface area contributed by atoms with Crippen LogP contribution in [-0.2, 0) is 11.2 Å². The van der Waals surface area contributed by atoms with Gasteiger partial charge in [0.05, 0.1) is 18.8 Å². The lowest BCUT2D eigenvalue weighted by Gasteiger charge is -2.38. The molecule has 2 aromatic rings. The van der Waals surface area contributed by atoms with Crippen molar-refractivity contribution in [3.8, 4) is 5.75 Å². The first-order valence-corrected chi connectivity index (χ1v) is 8.56. The van der Waals surface area contributed by atoms with Gasteiger partial charge in [-0.15, -0.1) is 0 Å². The van der Waals surface area contributed by atoms with Crippen LogP contribution in [0.2, 0.25) is 0 Å². The molecule has 3 rings (SSSR count). The Bertz CT molecular complexity index is 688. The first-order valence-electron chi connectivity index (χ1n) is 8.56. The van der Waals surface area contributed by atoms with Crippen molar-refractivity contribution in [1.82, 2.24) is 9.88 Å². The number of likely N-dealkylation sites (tertiary alicyclic amines) is 1. The summed E-state index contributed by atoms with van der Waals surface area (Å²) in [6.07, 6.45) is 5.20. The van der Waals surface area contributed by atoms with Crippen LogP contribution in [0.5, 0.6) is 5.75 Å². The van der Waals surface area contributed by atoms with Gasteiger partial charge in [0.25, 0.3) is 5.91 Å². The van der Waals surface area contributed by atoms with Crippen molar-refractivity contribution in [2.24, 2.45) is 5.92 Å². The summed E-state index contributed by atoms with van der Waals surface area (Å²) in [6.45, 7) is 1.41. The number of hydrogen-bond donors (Lipinski definition) is 0. The lowest BCUT2D eigenvalue weighted by molar-refractivity contribution is -0.00300. The zero-order chi connectivity index (χ0) is 17.6. The molecule has 0 unspecified atom stereocenters. The van der Waals surface area contributed by atoms with Gasteiger partial charge in [0.2, 0.25) is 0 Å². The fraction of sp³-hybridized carbons (Fsp3) is 0.400. The molecule has 2 heterocycles. The number of nitrogens with zero attached hydrogens (tertiary/aromatic N) is 2. The smallest absolute Gasteiger partial charge is 0.255 e. The molecule has 25 heavy (non-hydrogen) atoms. The maximum atomic E-state index is 12.7. The van der Waals surface area contributed by atoms with Crippen LogP contribution in [0.4, 0.5) is 0 Å². The topological polar surface area (TPSA) is 51.7 Å². The number of carbonyl (C=O) groups excluding carboxylic acids is 1. The molecule has 1 aromatic heterocycles. The monoisotopic (exact) mass is 340 g/mol. The Labute approximate surface area is 148 Å². The summed E-state index contributed by atoms with van der Waals surface area (Å²) < 4.78 is 10.9. The number of rotatable bonds is 5. The normalized spacial score (nSPS) is 20.3. The molecule has 1 fully saturated rings. The summed E-state index contributed by atoms with van der Waals surface area (Å²) in [7, 11) is 3.42. The Hall–Kier alpha value is -2.40. The first-order chi connectivity index (χ1) is 12.2. The van der Waals surface area contributed by atoms with E-state index in [1.165, 1.54) is 5.56 Å². The minimum atomic E-state index is 0.0439. The average molecular weight is 340 g/mol. The highest BCUT2D eigenvalue weighted by atomic mass is 16.5. The molecule has 5 nitrogen and oxygen atoms in total. The van der Waals surface area contributed by atoms with Crippen LogP contribution in [-0.4, -0.2) is 49.2 Å². The van der Waals surface area contributed by atoms with Crippen molar-refractivity contribution in [1.29, 1.82) is 0 Å². The van der Waals surface area contributed by atoms with Crippen molar-refractivity contribution in [2.45, 2.75) is 18.9 Å². The molecule has 1 aliphatic heterocycles. The number of pyridine rings is 1. The fourth-order valence-corrected chi connectivity index (χ4v) is 3.44. The highest BCUT2D eigenvalue weighted by molar-refractivity contribution is 5.93. The molecule has 0 aliphatic carbocycles. The Balaban J connectivity index is 1.70. The average Bonchev–Trinajstić information content (AvgIpc) is 2.68. The Morgan fingerprint density at radius 1 is 1.24 bits per heavy atom. The molecule has 0 N–H and O–H groups in total. The van der Waals surface area contributed by atoms with Gasteiger partial charge in [-0.3, -0.25) is 9.78 Å². The predicted molar refractivity (Wildman–Crippen MR) is 95.7 cm³/mol. The minimum absolute atomic E-state index is 0.0439. The van der Waals surface area contributed by atoms with Gasteiger partial charge in [-0.05, 0) is 42.7 Å². The number of ether oxygens (including phenoxy) is 2. The number of benzene rings is 1. The third-order valence-electron chi connectivity index (χ3n) is 4.82. The summed E-state index contributed by atoms with van der Waals surface area (Å²) >= 11 is 0. The van der Waals surface area contributed by atoms with Crippen molar-refractivity contribution in [3.63, 3.8) is 0 Å². The van der Waals surface area contributed by atoms with Gasteiger partial charge >= 0.3 is 0 Å². The zero-order valence-corrected chi connectivity index (χ0v) is 14.7. The van der Waals surface area contributed by atoms with Crippen molar-refractivity contribution < 1.29 is 14.3 Å². The van der Waals surface area contributed by atoms with E-state index in [2.05, 4.69) is 17.1 Å². The summed E-state index contributed by atoms with van der Waals surface area (Å²) in [5.41, 5.74) is 1.87. The minimum Gasteiger partial charge on any atom is -0.497 e. The molecule has 5 heteroatoms. The van der Waals surface area contributed by atoms with Gasteiger partial charge in [0.1, 0.15) is 5.75 Å². The van der Waals surface area contributed by atoms with Crippen LogP contribution in [0.1, 0.15) is 22.3 Å². The van der Waals surface area contributed by atoms with Crippen LogP contribution in [0.3, 0.4) is 0 Å². The van der Waals surface area contributed by atoms with Gasteiger partial charge < -0.3 is 14.4 Å². The van der Waals surface area contributed by atoms with E-state index in [0.29, 0.717) is 18.7 Å². The molecule has 0 radical (unpaired) electrons. The number of amides is 1. The largest absolute Gasteiger partial charge is 0.497 e. The highest BCUT2D eigenvalue weighted by Gasteiger charge is 2.32. The Kier molecular flexibility index (Phi) is 5.66. The van der Waals surface area contributed by atoms with E-state index in [1.807, 2.05) is 23.1 Å². The van der Waals surface area contributed by atoms with Crippen LogP contribution >= 0.6 is 0 Å². The Morgan fingerprint density at radius 3 is 2.68 bits per heavy atom. The molecular formula is C20H24N2O3. The lowest BCUT2D eigenvalue weighted by Crippen LogP contribution is -2.47. The van der Waals surface area contributed by atoms with Crippen molar-refractivity contribution in [2.75, 3.05) is 27.3 Å². The first kappa shape index (κ1) is 17.4.